The van der Waals surface area contributed by atoms with Gasteiger partial charge in [0.1, 0.15) is 11.4 Å². The van der Waals surface area contributed by atoms with E-state index in [0.29, 0.717) is 5.92 Å². The third-order valence-electron chi connectivity index (χ3n) is 2.62. The maximum Gasteiger partial charge on any atom is 0.425 e. The molecule has 0 radical (unpaired) electrons. The van der Waals surface area contributed by atoms with Crippen molar-refractivity contribution in [3.05, 3.63) is 23.9 Å². The van der Waals surface area contributed by atoms with E-state index in [1.165, 1.54) is 7.11 Å². The highest BCUT2D eigenvalue weighted by Gasteiger charge is 2.30. The van der Waals surface area contributed by atoms with Gasteiger partial charge >= 0.3 is 12.2 Å². The molecule has 6 nitrogen and oxygen atoms in total. The van der Waals surface area contributed by atoms with Gasteiger partial charge in [-0.25, -0.2) is 14.6 Å². The number of rotatable bonds is 3. The van der Waals surface area contributed by atoms with Gasteiger partial charge in [-0.2, -0.15) is 4.90 Å². The van der Waals surface area contributed by atoms with Gasteiger partial charge in [0.2, 0.25) is 0 Å². The minimum absolute atomic E-state index is 0.194. The lowest BCUT2D eigenvalue weighted by Gasteiger charge is -2.24. The van der Waals surface area contributed by atoms with E-state index < -0.39 is 17.8 Å². The fraction of sp³-hybridized carbons (Fsp3) is 0.562. The van der Waals surface area contributed by atoms with Crippen LogP contribution in [0.25, 0.3) is 0 Å². The zero-order valence-corrected chi connectivity index (χ0v) is 14.0. The van der Waals surface area contributed by atoms with Gasteiger partial charge in [-0.1, -0.05) is 13.8 Å². The van der Waals surface area contributed by atoms with Crippen molar-refractivity contribution in [1.29, 1.82) is 0 Å². The van der Waals surface area contributed by atoms with Crippen molar-refractivity contribution in [1.82, 2.24) is 4.98 Å². The minimum Gasteiger partial charge on any atom is -0.452 e. The Morgan fingerprint density at radius 2 is 1.91 bits per heavy atom. The smallest absolute Gasteiger partial charge is 0.425 e. The van der Waals surface area contributed by atoms with Gasteiger partial charge < -0.3 is 9.47 Å². The number of anilines is 1. The number of hydrogen-bond acceptors (Lipinski definition) is 5. The van der Waals surface area contributed by atoms with E-state index in [1.54, 1.807) is 33.0 Å². The van der Waals surface area contributed by atoms with Crippen LogP contribution in [0, 0.1) is 5.92 Å². The number of carbonyl (C=O) groups excluding carboxylic acids is 2. The van der Waals surface area contributed by atoms with Crippen LogP contribution >= 0.6 is 0 Å². The van der Waals surface area contributed by atoms with Gasteiger partial charge in [-0.15, -0.1) is 0 Å². The first kappa shape index (κ1) is 17.9. The van der Waals surface area contributed by atoms with Gasteiger partial charge in [0.25, 0.3) is 0 Å². The van der Waals surface area contributed by atoms with Crippen LogP contribution in [-0.4, -0.2) is 29.9 Å². The molecular weight excluding hydrogens is 284 g/mol. The van der Waals surface area contributed by atoms with Crippen LogP contribution in [0.1, 0.15) is 40.2 Å². The maximum atomic E-state index is 12.3. The summed E-state index contributed by atoms with van der Waals surface area (Å²) >= 11 is 0. The first-order valence-electron chi connectivity index (χ1n) is 7.20. The summed E-state index contributed by atoms with van der Waals surface area (Å²) in [6.45, 7) is 9.35. The van der Waals surface area contributed by atoms with Crippen LogP contribution in [0.15, 0.2) is 18.3 Å². The Labute approximate surface area is 131 Å². The van der Waals surface area contributed by atoms with Crippen molar-refractivity contribution in [3.8, 4) is 0 Å². The van der Waals surface area contributed by atoms with Crippen LogP contribution in [0.5, 0.6) is 0 Å². The summed E-state index contributed by atoms with van der Waals surface area (Å²) in [7, 11) is 1.21. The van der Waals surface area contributed by atoms with E-state index in [-0.39, 0.29) is 5.82 Å². The van der Waals surface area contributed by atoms with Gasteiger partial charge in [0, 0.05) is 6.20 Å². The third kappa shape index (κ3) is 5.35. The summed E-state index contributed by atoms with van der Waals surface area (Å²) in [6, 6.07) is 3.55. The number of imide groups is 1. The molecule has 1 heterocycles. The van der Waals surface area contributed by atoms with Crippen molar-refractivity contribution in [2.45, 2.75) is 46.6 Å². The lowest BCUT2D eigenvalue weighted by atomic mass is 10.0. The van der Waals surface area contributed by atoms with Crippen molar-refractivity contribution in [3.63, 3.8) is 0 Å². The molecule has 1 rings (SSSR count). The Bertz CT molecular complexity index is 535. The summed E-state index contributed by atoms with van der Waals surface area (Å²) in [5.74, 6) is 0.641. The lowest BCUT2D eigenvalue weighted by molar-refractivity contribution is 0.0574. The molecule has 0 aromatic carbocycles. The normalized spacial score (nSPS) is 11.2. The minimum atomic E-state index is -0.830. The number of ether oxygens (including phenoxy) is 2. The highest BCUT2D eigenvalue weighted by atomic mass is 16.6. The molecule has 22 heavy (non-hydrogen) atoms. The zero-order chi connectivity index (χ0) is 16.9. The molecule has 0 saturated carbocycles. The second-order valence-electron chi connectivity index (χ2n) is 6.41. The number of hydrogen-bond donors (Lipinski definition) is 0. The monoisotopic (exact) mass is 308 g/mol. The Morgan fingerprint density at radius 1 is 1.27 bits per heavy atom. The van der Waals surface area contributed by atoms with Crippen LogP contribution in [0.2, 0.25) is 0 Å². The van der Waals surface area contributed by atoms with Crippen LogP contribution in [-0.2, 0) is 15.9 Å². The standard InChI is InChI=1S/C16H24N2O4/c1-11(2)9-12-7-8-17-13(10-12)18(14(19)21-6)15(20)22-16(3,4)5/h7-8,10-11H,9H2,1-6H3. The molecule has 0 bridgehead atoms. The predicted octanol–water partition coefficient (Wildman–Crippen LogP) is 3.79. The first-order valence-corrected chi connectivity index (χ1v) is 7.20. The molecule has 0 aliphatic heterocycles. The molecule has 1 aromatic heterocycles. The molecule has 0 unspecified atom stereocenters. The molecule has 122 valence electrons. The van der Waals surface area contributed by atoms with Crippen LogP contribution < -0.4 is 4.90 Å². The van der Waals surface area contributed by atoms with E-state index in [9.17, 15) is 9.59 Å². The van der Waals surface area contributed by atoms with Crippen LogP contribution in [0.3, 0.4) is 0 Å². The molecular formula is C16H24N2O4. The van der Waals surface area contributed by atoms with Crippen molar-refractivity contribution < 1.29 is 19.1 Å². The quantitative estimate of drug-likeness (QED) is 0.849. The Morgan fingerprint density at radius 3 is 2.41 bits per heavy atom. The highest BCUT2D eigenvalue weighted by molar-refractivity contribution is 6.08. The highest BCUT2D eigenvalue weighted by Crippen LogP contribution is 2.19. The number of carbonyl (C=O) groups is 2. The van der Waals surface area contributed by atoms with E-state index in [4.69, 9.17) is 4.74 Å². The lowest BCUT2D eigenvalue weighted by Crippen LogP contribution is -2.41. The van der Waals surface area contributed by atoms with Crippen molar-refractivity contribution in [2.75, 3.05) is 12.0 Å². The molecule has 0 saturated heterocycles. The number of nitrogens with zero attached hydrogens (tertiary/aromatic N) is 2. The second kappa shape index (κ2) is 7.24. The Hall–Kier alpha value is -2.11. The van der Waals surface area contributed by atoms with Gasteiger partial charge in [0.15, 0.2) is 0 Å². The van der Waals surface area contributed by atoms with E-state index in [0.717, 1.165) is 16.9 Å². The molecule has 1 aromatic rings. The average Bonchev–Trinajstić information content (AvgIpc) is 2.36. The molecule has 0 aliphatic carbocycles. The fourth-order valence-electron chi connectivity index (χ4n) is 1.84. The van der Waals surface area contributed by atoms with Gasteiger partial charge in [-0.3, -0.25) is 0 Å². The Kier molecular flexibility index (Phi) is 5.91. The topological polar surface area (TPSA) is 68.7 Å². The summed E-state index contributed by atoms with van der Waals surface area (Å²) in [4.78, 5) is 29.1. The predicted molar refractivity (Wildman–Crippen MR) is 83.9 cm³/mol. The zero-order valence-electron chi connectivity index (χ0n) is 14.0. The molecule has 0 atom stereocenters. The van der Waals surface area contributed by atoms with Gasteiger partial charge in [-0.05, 0) is 50.8 Å². The SMILES string of the molecule is COC(=O)N(C(=O)OC(C)(C)C)c1cc(CC(C)C)ccn1. The number of methoxy groups -OCH3 is 1. The van der Waals surface area contributed by atoms with E-state index in [2.05, 4.69) is 23.6 Å². The van der Waals surface area contributed by atoms with E-state index in [1.807, 2.05) is 6.07 Å². The molecule has 0 fully saturated rings. The number of amides is 2. The average molecular weight is 308 g/mol. The molecule has 6 heteroatoms. The van der Waals surface area contributed by atoms with Crippen molar-refractivity contribution in [2.24, 2.45) is 5.92 Å². The number of aromatic nitrogens is 1. The maximum absolute atomic E-state index is 12.3. The summed E-state index contributed by atoms with van der Waals surface area (Å²) in [5, 5.41) is 0. The molecule has 2 amide bonds. The second-order valence-corrected chi connectivity index (χ2v) is 6.41. The molecule has 0 spiro atoms. The fourth-order valence-corrected chi connectivity index (χ4v) is 1.84. The molecule has 0 N–H and O–H groups in total. The number of pyridine rings is 1. The van der Waals surface area contributed by atoms with E-state index >= 15 is 0 Å². The summed E-state index contributed by atoms with van der Waals surface area (Å²) in [6.07, 6.45) is 0.739. The molecule has 0 aliphatic rings. The summed E-state index contributed by atoms with van der Waals surface area (Å²) < 4.78 is 9.91. The van der Waals surface area contributed by atoms with Gasteiger partial charge in [0.05, 0.1) is 7.11 Å². The van der Waals surface area contributed by atoms with Crippen molar-refractivity contribution >= 4 is 18.0 Å². The third-order valence-corrected chi connectivity index (χ3v) is 2.62. The largest absolute Gasteiger partial charge is 0.452 e. The Balaban J connectivity index is 3.12. The first-order chi connectivity index (χ1) is 10.1. The summed E-state index contributed by atoms with van der Waals surface area (Å²) in [5.41, 5.74) is 0.260. The van der Waals surface area contributed by atoms with Crippen LogP contribution in [0.4, 0.5) is 15.4 Å².